The Kier molecular flexibility index (Phi) is 3.36. The van der Waals surface area contributed by atoms with E-state index in [1.54, 1.807) is 7.11 Å². The molecule has 92 valence electrons. The minimum absolute atomic E-state index is 0.0567. The van der Waals surface area contributed by atoms with Gasteiger partial charge in [-0.15, -0.1) is 0 Å². The van der Waals surface area contributed by atoms with Crippen LogP contribution in [0.15, 0.2) is 24.3 Å². The summed E-state index contributed by atoms with van der Waals surface area (Å²) in [5.74, 6) is 1.80. The van der Waals surface area contributed by atoms with Gasteiger partial charge in [-0.25, -0.2) is 0 Å². The fourth-order valence-corrected chi connectivity index (χ4v) is 1.98. The molecule has 1 amide bonds. The molecule has 1 N–H and O–H groups in total. The minimum Gasteiger partial charge on any atom is -0.497 e. The number of ether oxygens (including phenoxy) is 1. The molecule has 3 unspecified atom stereocenters. The van der Waals surface area contributed by atoms with Gasteiger partial charge in [-0.1, -0.05) is 19.1 Å². The SMILES string of the molecule is COc1ccc(C(C)NC(=O)C2CC2C)cc1. The van der Waals surface area contributed by atoms with Gasteiger partial charge in [-0.05, 0) is 37.0 Å². The summed E-state index contributed by atoms with van der Waals surface area (Å²) >= 11 is 0. The van der Waals surface area contributed by atoms with Gasteiger partial charge in [-0.3, -0.25) is 4.79 Å². The van der Waals surface area contributed by atoms with Crippen molar-refractivity contribution in [3.05, 3.63) is 29.8 Å². The summed E-state index contributed by atoms with van der Waals surface area (Å²) in [6.45, 7) is 4.12. The molecule has 1 aliphatic carbocycles. The van der Waals surface area contributed by atoms with Gasteiger partial charge in [0.2, 0.25) is 5.91 Å². The molecule has 0 saturated heterocycles. The normalized spacial score (nSPS) is 23.9. The highest BCUT2D eigenvalue weighted by molar-refractivity contribution is 5.81. The van der Waals surface area contributed by atoms with Crippen molar-refractivity contribution in [1.29, 1.82) is 0 Å². The average Bonchev–Trinajstić information content (AvgIpc) is 3.06. The van der Waals surface area contributed by atoms with Gasteiger partial charge < -0.3 is 10.1 Å². The summed E-state index contributed by atoms with van der Waals surface area (Å²) in [6.07, 6.45) is 1.03. The van der Waals surface area contributed by atoms with Crippen molar-refractivity contribution in [1.82, 2.24) is 5.32 Å². The number of rotatable bonds is 4. The van der Waals surface area contributed by atoms with E-state index < -0.39 is 0 Å². The van der Waals surface area contributed by atoms with Crippen LogP contribution in [0.1, 0.15) is 31.9 Å². The van der Waals surface area contributed by atoms with E-state index in [9.17, 15) is 4.79 Å². The summed E-state index contributed by atoms with van der Waals surface area (Å²) in [5.41, 5.74) is 1.10. The van der Waals surface area contributed by atoms with Crippen molar-refractivity contribution >= 4 is 5.91 Å². The van der Waals surface area contributed by atoms with E-state index >= 15 is 0 Å². The lowest BCUT2D eigenvalue weighted by Crippen LogP contribution is -2.28. The first-order valence-electron chi connectivity index (χ1n) is 6.06. The van der Waals surface area contributed by atoms with Crippen LogP contribution in [0.25, 0.3) is 0 Å². The second-order valence-corrected chi connectivity index (χ2v) is 4.82. The van der Waals surface area contributed by atoms with Gasteiger partial charge in [0, 0.05) is 5.92 Å². The Labute approximate surface area is 102 Å². The molecular weight excluding hydrogens is 214 g/mol. The Morgan fingerprint density at radius 3 is 2.47 bits per heavy atom. The number of carbonyl (C=O) groups excluding carboxylic acids is 1. The predicted octanol–water partition coefficient (Wildman–Crippen LogP) is 2.53. The first-order chi connectivity index (χ1) is 8.11. The average molecular weight is 233 g/mol. The van der Waals surface area contributed by atoms with Crippen molar-refractivity contribution in [2.24, 2.45) is 11.8 Å². The smallest absolute Gasteiger partial charge is 0.223 e. The Hall–Kier alpha value is -1.51. The fraction of sp³-hybridized carbons (Fsp3) is 0.500. The highest BCUT2D eigenvalue weighted by Crippen LogP contribution is 2.38. The summed E-state index contributed by atoms with van der Waals surface area (Å²) in [4.78, 5) is 11.8. The standard InChI is InChI=1S/C14H19NO2/c1-9-8-13(9)14(16)15-10(2)11-4-6-12(17-3)7-5-11/h4-7,9-10,13H,8H2,1-3H3,(H,15,16). The molecule has 3 atom stereocenters. The van der Waals surface area contributed by atoms with Crippen molar-refractivity contribution in [2.75, 3.05) is 7.11 Å². The largest absolute Gasteiger partial charge is 0.497 e. The van der Waals surface area contributed by atoms with Crippen LogP contribution in [0.2, 0.25) is 0 Å². The maximum atomic E-state index is 11.8. The molecule has 0 radical (unpaired) electrons. The van der Waals surface area contributed by atoms with Crippen molar-refractivity contribution in [3.63, 3.8) is 0 Å². The summed E-state index contributed by atoms with van der Waals surface area (Å²) < 4.78 is 5.10. The van der Waals surface area contributed by atoms with Crippen molar-refractivity contribution in [3.8, 4) is 5.75 Å². The molecule has 1 aromatic rings. The zero-order valence-corrected chi connectivity index (χ0v) is 10.6. The van der Waals surface area contributed by atoms with E-state index in [1.807, 2.05) is 31.2 Å². The van der Waals surface area contributed by atoms with Crippen LogP contribution in [-0.4, -0.2) is 13.0 Å². The minimum atomic E-state index is 0.0567. The lowest BCUT2D eigenvalue weighted by Gasteiger charge is -2.14. The van der Waals surface area contributed by atoms with Gasteiger partial charge in [0.15, 0.2) is 0 Å². The molecule has 3 heteroatoms. The van der Waals surface area contributed by atoms with Crippen LogP contribution >= 0.6 is 0 Å². The summed E-state index contributed by atoms with van der Waals surface area (Å²) in [7, 11) is 1.65. The molecule has 3 nitrogen and oxygen atoms in total. The number of carbonyl (C=O) groups is 1. The molecular formula is C14H19NO2. The van der Waals surface area contributed by atoms with Crippen molar-refractivity contribution in [2.45, 2.75) is 26.3 Å². The monoisotopic (exact) mass is 233 g/mol. The first kappa shape index (κ1) is 12.0. The Morgan fingerprint density at radius 1 is 1.41 bits per heavy atom. The number of nitrogens with one attached hydrogen (secondary N) is 1. The number of amides is 1. The van der Waals surface area contributed by atoms with Gasteiger partial charge in [0.1, 0.15) is 5.75 Å². The summed E-state index contributed by atoms with van der Waals surface area (Å²) in [6, 6.07) is 7.86. The van der Waals surface area contributed by atoms with Gasteiger partial charge in [-0.2, -0.15) is 0 Å². The third kappa shape index (κ3) is 2.78. The van der Waals surface area contributed by atoms with E-state index in [1.165, 1.54) is 0 Å². The van der Waals surface area contributed by atoms with Gasteiger partial charge in [0.05, 0.1) is 13.2 Å². The number of hydrogen-bond donors (Lipinski definition) is 1. The second-order valence-electron chi connectivity index (χ2n) is 4.82. The maximum Gasteiger partial charge on any atom is 0.223 e. The molecule has 0 aliphatic heterocycles. The van der Waals surface area contributed by atoms with E-state index in [-0.39, 0.29) is 17.9 Å². The Balaban J connectivity index is 1.94. The van der Waals surface area contributed by atoms with Crippen LogP contribution in [0.5, 0.6) is 5.75 Å². The third-order valence-electron chi connectivity index (χ3n) is 3.42. The van der Waals surface area contributed by atoms with E-state index in [0.717, 1.165) is 17.7 Å². The third-order valence-corrected chi connectivity index (χ3v) is 3.42. The predicted molar refractivity (Wildman–Crippen MR) is 66.8 cm³/mol. The molecule has 0 spiro atoms. The Bertz CT molecular complexity index is 399. The highest BCUT2D eigenvalue weighted by atomic mass is 16.5. The van der Waals surface area contributed by atoms with Crippen LogP contribution in [-0.2, 0) is 4.79 Å². The zero-order chi connectivity index (χ0) is 12.4. The molecule has 2 rings (SSSR count). The topological polar surface area (TPSA) is 38.3 Å². The lowest BCUT2D eigenvalue weighted by atomic mass is 10.1. The Morgan fingerprint density at radius 2 is 2.00 bits per heavy atom. The number of hydrogen-bond acceptors (Lipinski definition) is 2. The van der Waals surface area contributed by atoms with Crippen LogP contribution in [0.4, 0.5) is 0 Å². The van der Waals surface area contributed by atoms with Gasteiger partial charge in [0.25, 0.3) is 0 Å². The fourth-order valence-electron chi connectivity index (χ4n) is 1.98. The van der Waals surface area contributed by atoms with Crippen LogP contribution in [0.3, 0.4) is 0 Å². The lowest BCUT2D eigenvalue weighted by molar-refractivity contribution is -0.123. The highest BCUT2D eigenvalue weighted by Gasteiger charge is 2.39. The molecule has 1 saturated carbocycles. The quantitative estimate of drug-likeness (QED) is 0.867. The maximum absolute atomic E-state index is 11.8. The van der Waals surface area contributed by atoms with E-state index in [0.29, 0.717) is 5.92 Å². The molecule has 17 heavy (non-hydrogen) atoms. The van der Waals surface area contributed by atoms with Gasteiger partial charge >= 0.3 is 0 Å². The number of benzene rings is 1. The van der Waals surface area contributed by atoms with Crippen LogP contribution in [0, 0.1) is 11.8 Å². The first-order valence-corrected chi connectivity index (χ1v) is 6.06. The summed E-state index contributed by atoms with van der Waals surface area (Å²) in [5, 5.41) is 3.05. The second kappa shape index (κ2) is 4.78. The van der Waals surface area contributed by atoms with E-state index in [2.05, 4.69) is 12.2 Å². The molecule has 1 aliphatic rings. The van der Waals surface area contributed by atoms with E-state index in [4.69, 9.17) is 4.74 Å². The molecule has 0 heterocycles. The van der Waals surface area contributed by atoms with Crippen molar-refractivity contribution < 1.29 is 9.53 Å². The number of methoxy groups -OCH3 is 1. The molecule has 0 aromatic heterocycles. The molecule has 0 bridgehead atoms. The zero-order valence-electron chi connectivity index (χ0n) is 10.6. The van der Waals surface area contributed by atoms with Crippen LogP contribution < -0.4 is 10.1 Å². The molecule has 1 aromatic carbocycles. The molecule has 1 fully saturated rings.